The first-order valence-electron chi connectivity index (χ1n) is 8.09. The molecular weight excluding hydrogens is 282 g/mol. The van der Waals surface area contributed by atoms with Gasteiger partial charge in [-0.15, -0.1) is 0 Å². The molecule has 2 N–H and O–H groups in total. The van der Waals surface area contributed by atoms with Crippen molar-refractivity contribution in [2.24, 2.45) is 5.73 Å². The van der Waals surface area contributed by atoms with E-state index in [2.05, 4.69) is 13.0 Å². The summed E-state index contributed by atoms with van der Waals surface area (Å²) in [6.07, 6.45) is 5.55. The fraction of sp³-hybridized carbons (Fsp3) is 0.647. The van der Waals surface area contributed by atoms with Gasteiger partial charge in [0.25, 0.3) is 0 Å². The smallest absolute Gasteiger partial charge is 0.157 e. The number of fused-ring (bicyclic) bond motifs is 1. The molecule has 1 aromatic rings. The van der Waals surface area contributed by atoms with Gasteiger partial charge in [-0.05, 0) is 36.3 Å². The Morgan fingerprint density at radius 3 is 2.33 bits per heavy atom. The number of benzene rings is 1. The number of hydrogen-bond donors (Lipinski definition) is 1. The molecule has 3 atom stereocenters. The van der Waals surface area contributed by atoms with E-state index in [1.54, 1.807) is 0 Å². The highest BCUT2D eigenvalue weighted by atomic mass is 32.2. The second kappa shape index (κ2) is 5.73. The van der Waals surface area contributed by atoms with Crippen LogP contribution in [0.25, 0.3) is 0 Å². The zero-order chi connectivity index (χ0) is 15.0. The summed E-state index contributed by atoms with van der Waals surface area (Å²) >= 11 is 0. The van der Waals surface area contributed by atoms with Gasteiger partial charge >= 0.3 is 0 Å². The van der Waals surface area contributed by atoms with Crippen LogP contribution in [0.2, 0.25) is 0 Å². The molecule has 3 rings (SSSR count). The quantitative estimate of drug-likeness (QED) is 0.912. The molecule has 0 aliphatic heterocycles. The van der Waals surface area contributed by atoms with Crippen LogP contribution in [-0.2, 0) is 9.84 Å². The number of sulfone groups is 1. The molecule has 0 amide bonds. The highest BCUT2D eigenvalue weighted by Gasteiger charge is 2.42. The highest BCUT2D eigenvalue weighted by molar-refractivity contribution is 7.92. The van der Waals surface area contributed by atoms with E-state index in [1.807, 2.05) is 18.2 Å². The molecule has 0 heterocycles. The van der Waals surface area contributed by atoms with Gasteiger partial charge < -0.3 is 5.73 Å². The third kappa shape index (κ3) is 2.64. The van der Waals surface area contributed by atoms with Crippen LogP contribution in [0.1, 0.15) is 68.5 Å². The number of hydrogen-bond acceptors (Lipinski definition) is 3. The van der Waals surface area contributed by atoms with Crippen LogP contribution in [0.3, 0.4) is 0 Å². The minimum Gasteiger partial charge on any atom is -0.323 e. The summed E-state index contributed by atoms with van der Waals surface area (Å²) in [6, 6.07) is 7.69. The first kappa shape index (κ1) is 15.0. The molecule has 116 valence electrons. The summed E-state index contributed by atoms with van der Waals surface area (Å²) in [5, 5.41) is -0.578. The van der Waals surface area contributed by atoms with Crippen molar-refractivity contribution < 1.29 is 8.42 Å². The van der Waals surface area contributed by atoms with Crippen LogP contribution < -0.4 is 5.73 Å². The average Bonchev–Trinajstić information content (AvgIpc) is 2.51. The molecule has 2 aliphatic carbocycles. The van der Waals surface area contributed by atoms with Crippen molar-refractivity contribution in [2.45, 2.75) is 67.9 Å². The maximum Gasteiger partial charge on any atom is 0.157 e. The average molecular weight is 307 g/mol. The van der Waals surface area contributed by atoms with E-state index in [9.17, 15) is 8.42 Å². The minimum atomic E-state index is -3.13. The molecule has 0 spiro atoms. The summed E-state index contributed by atoms with van der Waals surface area (Å²) < 4.78 is 26.1. The van der Waals surface area contributed by atoms with E-state index in [-0.39, 0.29) is 17.2 Å². The zero-order valence-electron chi connectivity index (χ0n) is 12.7. The van der Waals surface area contributed by atoms with Crippen LogP contribution in [-0.4, -0.2) is 18.9 Å². The van der Waals surface area contributed by atoms with Crippen molar-refractivity contribution in [1.29, 1.82) is 0 Å². The summed E-state index contributed by atoms with van der Waals surface area (Å²) in [4.78, 5) is 0. The summed E-state index contributed by atoms with van der Waals surface area (Å²) in [6.45, 7) is 2.12. The Kier molecular flexibility index (Phi) is 4.10. The van der Waals surface area contributed by atoms with Crippen molar-refractivity contribution in [2.75, 3.05) is 0 Å². The van der Waals surface area contributed by atoms with Gasteiger partial charge in [0.1, 0.15) is 0 Å². The second-order valence-corrected chi connectivity index (χ2v) is 9.13. The van der Waals surface area contributed by atoms with Crippen LogP contribution in [0.4, 0.5) is 0 Å². The molecule has 0 saturated heterocycles. The van der Waals surface area contributed by atoms with Crippen molar-refractivity contribution >= 4 is 9.84 Å². The fourth-order valence-corrected chi connectivity index (χ4v) is 6.66. The van der Waals surface area contributed by atoms with E-state index in [1.165, 1.54) is 12.0 Å². The maximum absolute atomic E-state index is 13.0. The van der Waals surface area contributed by atoms with Crippen LogP contribution >= 0.6 is 0 Å². The third-order valence-electron chi connectivity index (χ3n) is 5.31. The molecule has 1 fully saturated rings. The lowest BCUT2D eigenvalue weighted by Crippen LogP contribution is -2.43. The summed E-state index contributed by atoms with van der Waals surface area (Å²) in [5.41, 5.74) is 8.62. The van der Waals surface area contributed by atoms with E-state index < -0.39 is 15.1 Å². The van der Waals surface area contributed by atoms with Gasteiger partial charge in [0.15, 0.2) is 9.84 Å². The van der Waals surface area contributed by atoms with E-state index in [4.69, 9.17) is 5.73 Å². The Labute approximate surface area is 127 Å². The standard InChI is InChI=1S/C17H25NO2S/c1-12-11-16(17(18)15-10-6-5-9-14(12)15)21(19,20)13-7-3-2-4-8-13/h5-6,9-10,12-13,16-17H,2-4,7-8,11,18H2,1H3. The Balaban J connectivity index is 1.93. The van der Waals surface area contributed by atoms with Crippen LogP contribution in [0.15, 0.2) is 24.3 Å². The zero-order valence-corrected chi connectivity index (χ0v) is 13.5. The van der Waals surface area contributed by atoms with E-state index in [0.29, 0.717) is 6.42 Å². The van der Waals surface area contributed by atoms with Gasteiger partial charge in [-0.25, -0.2) is 8.42 Å². The van der Waals surface area contributed by atoms with Crippen LogP contribution in [0.5, 0.6) is 0 Å². The lowest BCUT2D eigenvalue weighted by molar-refractivity contribution is 0.449. The summed E-state index contributed by atoms with van der Waals surface area (Å²) in [7, 11) is -3.13. The van der Waals surface area contributed by atoms with E-state index in [0.717, 1.165) is 31.2 Å². The van der Waals surface area contributed by atoms with E-state index >= 15 is 0 Å². The number of rotatable bonds is 2. The monoisotopic (exact) mass is 307 g/mol. The molecule has 0 aromatic heterocycles. The molecule has 1 saturated carbocycles. The summed E-state index contributed by atoms with van der Waals surface area (Å²) in [5.74, 6) is 0.268. The molecular formula is C17H25NO2S. The molecule has 3 unspecified atom stereocenters. The minimum absolute atomic E-state index is 0.167. The predicted octanol–water partition coefficient (Wildman–Crippen LogP) is 3.31. The normalized spacial score (nSPS) is 30.9. The lowest BCUT2D eigenvalue weighted by Gasteiger charge is -2.37. The van der Waals surface area contributed by atoms with Gasteiger partial charge in [-0.2, -0.15) is 0 Å². The van der Waals surface area contributed by atoms with Crippen LogP contribution in [0, 0.1) is 0 Å². The topological polar surface area (TPSA) is 60.2 Å². The second-order valence-electron chi connectivity index (χ2n) is 6.68. The molecule has 0 bridgehead atoms. The third-order valence-corrected chi connectivity index (χ3v) is 8.04. The first-order valence-corrected chi connectivity index (χ1v) is 9.70. The van der Waals surface area contributed by atoms with Gasteiger partial charge in [0.2, 0.25) is 0 Å². The molecule has 0 radical (unpaired) electrons. The Bertz CT molecular complexity index is 605. The fourth-order valence-electron chi connectivity index (χ4n) is 4.06. The molecule has 4 heteroatoms. The molecule has 21 heavy (non-hydrogen) atoms. The molecule has 2 aliphatic rings. The largest absolute Gasteiger partial charge is 0.323 e. The Hall–Kier alpha value is -0.870. The number of nitrogens with two attached hydrogens (primary N) is 1. The lowest BCUT2D eigenvalue weighted by atomic mass is 9.81. The SMILES string of the molecule is CC1CC(S(=O)(=O)C2CCCCC2)C(N)c2ccccc21. The van der Waals surface area contributed by atoms with Gasteiger partial charge in [-0.3, -0.25) is 0 Å². The molecule has 1 aromatic carbocycles. The predicted molar refractivity (Wildman–Crippen MR) is 86.0 cm³/mol. The van der Waals surface area contributed by atoms with Crippen molar-refractivity contribution in [1.82, 2.24) is 0 Å². The molecule has 3 nitrogen and oxygen atoms in total. The Morgan fingerprint density at radius 1 is 1.05 bits per heavy atom. The highest BCUT2D eigenvalue weighted by Crippen LogP contribution is 2.41. The van der Waals surface area contributed by atoms with Gasteiger partial charge in [0, 0.05) is 6.04 Å². The van der Waals surface area contributed by atoms with Crippen molar-refractivity contribution in [3.05, 3.63) is 35.4 Å². The van der Waals surface area contributed by atoms with Crippen molar-refractivity contribution in [3.63, 3.8) is 0 Å². The van der Waals surface area contributed by atoms with Crippen molar-refractivity contribution in [3.8, 4) is 0 Å². The first-order chi connectivity index (χ1) is 10.0. The Morgan fingerprint density at radius 2 is 1.67 bits per heavy atom. The van der Waals surface area contributed by atoms with Gasteiger partial charge in [-0.1, -0.05) is 50.5 Å². The maximum atomic E-state index is 13.0. The van der Waals surface area contributed by atoms with Gasteiger partial charge in [0.05, 0.1) is 10.5 Å².